The topological polar surface area (TPSA) is 26.3 Å². The van der Waals surface area contributed by atoms with Crippen LogP contribution in [0.1, 0.15) is 19.4 Å². The summed E-state index contributed by atoms with van der Waals surface area (Å²) in [6, 6.07) is 5.72. The van der Waals surface area contributed by atoms with E-state index in [0.717, 1.165) is 15.8 Å². The third kappa shape index (κ3) is 3.34. The first-order chi connectivity index (χ1) is 7.04. The Bertz CT molecular complexity index is 359. The van der Waals surface area contributed by atoms with Crippen molar-refractivity contribution in [3.8, 4) is 5.75 Å². The molecule has 3 heteroatoms. The van der Waals surface area contributed by atoms with Crippen molar-refractivity contribution in [3.63, 3.8) is 0 Å². The third-order valence-electron chi connectivity index (χ3n) is 2.24. The number of rotatable bonds is 4. The molecule has 0 heterocycles. The first-order valence-electron chi connectivity index (χ1n) is 4.89. The number of ether oxygens (including phenoxy) is 1. The summed E-state index contributed by atoms with van der Waals surface area (Å²) >= 11 is 3.40. The van der Waals surface area contributed by atoms with Gasteiger partial charge < -0.3 is 4.74 Å². The van der Waals surface area contributed by atoms with Gasteiger partial charge in [-0.15, -0.1) is 0 Å². The van der Waals surface area contributed by atoms with E-state index in [-0.39, 0.29) is 11.7 Å². The Morgan fingerprint density at radius 2 is 2.13 bits per heavy atom. The van der Waals surface area contributed by atoms with Crippen LogP contribution in [-0.4, -0.2) is 12.9 Å². The van der Waals surface area contributed by atoms with Crippen molar-refractivity contribution in [2.75, 3.05) is 7.11 Å². The zero-order valence-electron chi connectivity index (χ0n) is 9.21. The van der Waals surface area contributed by atoms with Crippen molar-refractivity contribution >= 4 is 21.7 Å². The average Bonchev–Trinajstić information content (AvgIpc) is 2.18. The van der Waals surface area contributed by atoms with E-state index in [1.54, 1.807) is 7.11 Å². The second-order valence-corrected chi connectivity index (χ2v) is 4.62. The number of Topliss-reactive ketones (excluding diaryl/α,β-unsaturated/α-hetero) is 1. The summed E-state index contributed by atoms with van der Waals surface area (Å²) in [5.74, 6) is 1.13. The highest BCUT2D eigenvalue weighted by Crippen LogP contribution is 2.25. The lowest BCUT2D eigenvalue weighted by molar-refractivity contribution is -0.121. The highest BCUT2D eigenvalue weighted by atomic mass is 79.9. The minimum atomic E-state index is 0.0888. The summed E-state index contributed by atoms with van der Waals surface area (Å²) in [6.45, 7) is 3.84. The number of carbonyl (C=O) groups is 1. The maximum Gasteiger partial charge on any atom is 0.139 e. The second kappa shape index (κ2) is 5.31. The molecule has 0 fully saturated rings. The minimum Gasteiger partial charge on any atom is -0.496 e. The van der Waals surface area contributed by atoms with Crippen LogP contribution >= 0.6 is 15.9 Å². The number of methoxy groups -OCH3 is 1. The van der Waals surface area contributed by atoms with Crippen LogP contribution in [0, 0.1) is 5.92 Å². The van der Waals surface area contributed by atoms with Gasteiger partial charge in [0.1, 0.15) is 11.5 Å². The Morgan fingerprint density at radius 3 is 2.60 bits per heavy atom. The lowest BCUT2D eigenvalue weighted by Crippen LogP contribution is -2.10. The summed E-state index contributed by atoms with van der Waals surface area (Å²) in [7, 11) is 1.62. The molecule has 0 saturated heterocycles. The van der Waals surface area contributed by atoms with Crippen LogP contribution in [0.2, 0.25) is 0 Å². The molecule has 0 N–H and O–H groups in total. The SMILES string of the molecule is COc1ccc(CC(=O)C(C)C)cc1Br. The number of halogens is 1. The predicted octanol–water partition coefficient (Wildman–Crippen LogP) is 3.23. The Labute approximate surface area is 98.8 Å². The van der Waals surface area contributed by atoms with Crippen LogP contribution in [-0.2, 0) is 11.2 Å². The van der Waals surface area contributed by atoms with Gasteiger partial charge in [0.05, 0.1) is 11.6 Å². The van der Waals surface area contributed by atoms with Gasteiger partial charge in [0, 0.05) is 12.3 Å². The fourth-order valence-electron chi connectivity index (χ4n) is 1.23. The maximum atomic E-state index is 11.5. The molecule has 0 aliphatic heterocycles. The molecule has 82 valence electrons. The van der Waals surface area contributed by atoms with E-state index in [1.165, 1.54) is 0 Å². The van der Waals surface area contributed by atoms with E-state index in [1.807, 2.05) is 32.0 Å². The smallest absolute Gasteiger partial charge is 0.139 e. The first kappa shape index (κ1) is 12.2. The van der Waals surface area contributed by atoms with Crippen LogP contribution in [0.25, 0.3) is 0 Å². The number of hydrogen-bond acceptors (Lipinski definition) is 2. The van der Waals surface area contributed by atoms with E-state index in [4.69, 9.17) is 4.74 Å². The van der Waals surface area contributed by atoms with Gasteiger partial charge in [0.2, 0.25) is 0 Å². The number of hydrogen-bond donors (Lipinski definition) is 0. The Morgan fingerprint density at radius 1 is 1.47 bits per heavy atom. The van der Waals surface area contributed by atoms with Gasteiger partial charge in [0.25, 0.3) is 0 Å². The molecule has 0 saturated carbocycles. The average molecular weight is 271 g/mol. The van der Waals surface area contributed by atoms with Crippen LogP contribution in [0.15, 0.2) is 22.7 Å². The van der Waals surface area contributed by atoms with Crippen molar-refractivity contribution < 1.29 is 9.53 Å². The molecule has 0 atom stereocenters. The van der Waals surface area contributed by atoms with E-state index >= 15 is 0 Å². The molecule has 0 aliphatic carbocycles. The number of carbonyl (C=O) groups excluding carboxylic acids is 1. The summed E-state index contributed by atoms with van der Waals surface area (Å²) in [6.07, 6.45) is 0.486. The molecule has 0 unspecified atom stereocenters. The summed E-state index contributed by atoms with van der Waals surface area (Å²) in [4.78, 5) is 11.5. The van der Waals surface area contributed by atoms with E-state index < -0.39 is 0 Å². The summed E-state index contributed by atoms with van der Waals surface area (Å²) < 4.78 is 6.01. The molecule has 0 bridgehead atoms. The molecule has 15 heavy (non-hydrogen) atoms. The van der Waals surface area contributed by atoms with Gasteiger partial charge in [-0.1, -0.05) is 19.9 Å². The molecule has 0 radical (unpaired) electrons. The zero-order chi connectivity index (χ0) is 11.4. The Kier molecular flexibility index (Phi) is 4.33. The molecule has 0 amide bonds. The number of ketones is 1. The van der Waals surface area contributed by atoms with Crippen molar-refractivity contribution in [2.24, 2.45) is 5.92 Å². The molecular weight excluding hydrogens is 256 g/mol. The van der Waals surface area contributed by atoms with Crippen molar-refractivity contribution in [1.82, 2.24) is 0 Å². The Balaban J connectivity index is 2.80. The molecule has 1 aromatic carbocycles. The lowest BCUT2D eigenvalue weighted by Gasteiger charge is -2.07. The minimum absolute atomic E-state index is 0.0888. The van der Waals surface area contributed by atoms with Gasteiger partial charge in [0.15, 0.2) is 0 Å². The van der Waals surface area contributed by atoms with Crippen LogP contribution in [0.3, 0.4) is 0 Å². The lowest BCUT2D eigenvalue weighted by atomic mass is 10.0. The fraction of sp³-hybridized carbons (Fsp3) is 0.417. The van der Waals surface area contributed by atoms with E-state index in [0.29, 0.717) is 6.42 Å². The van der Waals surface area contributed by atoms with Gasteiger partial charge in [-0.25, -0.2) is 0 Å². The highest BCUT2D eigenvalue weighted by molar-refractivity contribution is 9.10. The van der Waals surface area contributed by atoms with Crippen LogP contribution in [0.5, 0.6) is 5.75 Å². The maximum absolute atomic E-state index is 11.5. The highest BCUT2D eigenvalue weighted by Gasteiger charge is 2.09. The normalized spacial score (nSPS) is 10.5. The molecular formula is C12H15BrO2. The number of benzene rings is 1. The van der Waals surface area contributed by atoms with Gasteiger partial charge in [-0.3, -0.25) is 4.79 Å². The van der Waals surface area contributed by atoms with Gasteiger partial charge >= 0.3 is 0 Å². The fourth-order valence-corrected chi connectivity index (χ4v) is 1.81. The van der Waals surface area contributed by atoms with Crippen molar-refractivity contribution in [3.05, 3.63) is 28.2 Å². The van der Waals surface area contributed by atoms with Gasteiger partial charge in [-0.2, -0.15) is 0 Å². The molecule has 1 aromatic rings. The monoisotopic (exact) mass is 270 g/mol. The predicted molar refractivity (Wildman–Crippen MR) is 64.2 cm³/mol. The summed E-state index contributed by atoms with van der Waals surface area (Å²) in [5, 5.41) is 0. The molecule has 0 aliphatic rings. The molecule has 0 spiro atoms. The largest absolute Gasteiger partial charge is 0.496 e. The van der Waals surface area contributed by atoms with Crippen molar-refractivity contribution in [1.29, 1.82) is 0 Å². The van der Waals surface area contributed by atoms with Gasteiger partial charge in [-0.05, 0) is 33.6 Å². The first-order valence-corrected chi connectivity index (χ1v) is 5.69. The van der Waals surface area contributed by atoms with E-state index in [9.17, 15) is 4.79 Å². The Hall–Kier alpha value is -0.830. The molecule has 0 aromatic heterocycles. The standard InChI is InChI=1S/C12H15BrO2/c1-8(2)11(14)7-9-4-5-12(15-3)10(13)6-9/h4-6,8H,7H2,1-3H3. The van der Waals surface area contributed by atoms with E-state index in [2.05, 4.69) is 15.9 Å². The second-order valence-electron chi connectivity index (χ2n) is 3.77. The summed E-state index contributed by atoms with van der Waals surface area (Å²) in [5.41, 5.74) is 1.02. The van der Waals surface area contributed by atoms with Crippen LogP contribution in [0.4, 0.5) is 0 Å². The van der Waals surface area contributed by atoms with Crippen LogP contribution < -0.4 is 4.74 Å². The molecule has 2 nitrogen and oxygen atoms in total. The van der Waals surface area contributed by atoms with Crippen molar-refractivity contribution in [2.45, 2.75) is 20.3 Å². The zero-order valence-corrected chi connectivity index (χ0v) is 10.8. The molecule has 1 rings (SSSR count). The third-order valence-corrected chi connectivity index (χ3v) is 2.86. The quantitative estimate of drug-likeness (QED) is 0.840.